The number of phenolic OH excluding ortho intramolecular Hbond substituents is 8. The second-order valence-electron chi connectivity index (χ2n) is 30.9. The maximum absolute atomic E-state index is 15.0. The van der Waals surface area contributed by atoms with Crippen molar-refractivity contribution in [2.24, 2.45) is 0 Å². The van der Waals surface area contributed by atoms with Crippen molar-refractivity contribution in [2.75, 3.05) is 26.4 Å². The highest BCUT2D eigenvalue weighted by atomic mass is 19.4. The highest BCUT2D eigenvalue weighted by Crippen LogP contribution is 2.68. The Hall–Kier alpha value is -11.0. The van der Waals surface area contributed by atoms with Crippen molar-refractivity contribution in [1.82, 2.24) is 0 Å². The molecule has 12 nitrogen and oxygen atoms in total. The molecule has 8 aromatic carbocycles. The van der Waals surface area contributed by atoms with Crippen LogP contribution in [0.5, 0.6) is 69.0 Å². The molecule has 46 heteroatoms. The van der Waals surface area contributed by atoms with Gasteiger partial charge in [0.2, 0.25) is 0 Å². The van der Waals surface area contributed by atoms with E-state index in [2.05, 4.69) is 0 Å². The van der Waals surface area contributed by atoms with Gasteiger partial charge in [0.1, 0.15) is 69.0 Å². The molecule has 4 unspecified atom stereocenters. The summed E-state index contributed by atoms with van der Waals surface area (Å²) in [6.07, 6.45) is -22.6. The SMILES string of the molecule is CCCCCOc1ccc(C2c3cc(c(O)cc3O)C(c3ccc(OCCCCC)cc3)c3cc(c(O)cc3O)C(c3ccc(OCCCCC(F)(F)C(F)(F)C(F)(F)C(F)(F)C(F)(F)C(F)(F)C(F)(F)C(F)(F)F)cc3)c3cc(c(O)cc3O)C(c3ccc(OCCCCC(F)(F)C(F)(F)C(F)(F)C(F)(F)C(F)(F)C(F)(F)C(F)(F)C(F)(F)F)cc3)c3cc2c(O)cc3O)cc1. The molecule has 0 aliphatic heterocycles. The van der Waals surface area contributed by atoms with E-state index in [1.807, 2.05) is 13.8 Å². The first-order chi connectivity index (χ1) is 60.6. The summed E-state index contributed by atoms with van der Waals surface area (Å²) in [4.78, 5) is 0. The van der Waals surface area contributed by atoms with Crippen LogP contribution in [0, 0.1) is 0 Å². The molecule has 0 spiro atoms. The van der Waals surface area contributed by atoms with Crippen molar-refractivity contribution in [2.45, 2.75) is 210 Å². The lowest BCUT2D eigenvalue weighted by Gasteiger charge is -2.42. The molecule has 132 heavy (non-hydrogen) atoms. The van der Waals surface area contributed by atoms with Gasteiger partial charge in [-0.2, -0.15) is 149 Å². The van der Waals surface area contributed by atoms with Crippen LogP contribution in [0.25, 0.3) is 0 Å². The monoisotopic (exact) mass is 1940 g/mol. The second-order valence-corrected chi connectivity index (χ2v) is 30.9. The molecule has 1 aliphatic carbocycles. The van der Waals surface area contributed by atoms with Gasteiger partial charge in [0.25, 0.3) is 0 Å². The minimum absolute atomic E-state index is 0.168. The Morgan fingerprint density at radius 1 is 0.205 bits per heavy atom. The van der Waals surface area contributed by atoms with Gasteiger partial charge in [-0.25, -0.2) is 0 Å². The first-order valence-electron chi connectivity index (χ1n) is 39.2. The van der Waals surface area contributed by atoms with E-state index >= 15 is 0 Å². The molecular formula is C86H74F34O12. The third-order valence-corrected chi connectivity index (χ3v) is 22.0. The smallest absolute Gasteiger partial charge is 0.460 e. The Morgan fingerprint density at radius 2 is 0.364 bits per heavy atom. The average molecular weight is 1950 g/mol. The summed E-state index contributed by atoms with van der Waals surface area (Å²) in [5, 5.41) is 99.1. The van der Waals surface area contributed by atoms with E-state index < -0.39 is 250 Å². The third-order valence-electron chi connectivity index (χ3n) is 22.0. The molecule has 8 aromatic rings. The number of unbranched alkanes of at least 4 members (excludes halogenated alkanes) is 6. The van der Waals surface area contributed by atoms with Crippen molar-refractivity contribution < 1.29 is 209 Å². The number of rotatable bonds is 38. The van der Waals surface area contributed by atoms with Crippen molar-refractivity contribution in [3.63, 3.8) is 0 Å². The lowest BCUT2D eigenvalue weighted by molar-refractivity contribution is -0.461. The van der Waals surface area contributed by atoms with E-state index in [4.69, 9.17) is 18.9 Å². The fraction of sp³-hybridized carbons (Fsp3) is 0.442. The third kappa shape index (κ3) is 18.8. The number of ether oxygens (including phenoxy) is 4. The van der Waals surface area contributed by atoms with E-state index in [9.17, 15) is 190 Å². The highest BCUT2D eigenvalue weighted by molar-refractivity contribution is 5.68. The summed E-state index contributed by atoms with van der Waals surface area (Å²) in [5.74, 6) is -130. The number of fused-ring (bicyclic) bond motifs is 8. The fourth-order valence-corrected chi connectivity index (χ4v) is 14.5. The van der Waals surface area contributed by atoms with Crippen molar-refractivity contribution in [3.05, 3.63) is 212 Å². The standard InChI is InChI=1S/C86H74F34O12/c1-3-5-9-31-129-47-21-13-43(14-22-47)67-51-35-52(60(122)39-59(51)121)68(44-15-23-48(24-16-44)130-32-10-6-4-2)54-37-56(64(126)41-62(54)124)70(46-19-27-50(28-20-46)132-34-12-8-30-72(89,90)74(93,94)76(97,98)78(101,102)80(105,106)82(109,110)84(113,114)86(118,119)120)58-38-57(65(127)42-66(58)128)69(55-36-53(67)61(123)40-63(55)125)45-17-25-49(26-18-45)131-33-11-7-29-71(87,88)73(91,92)75(95,96)77(99,100)79(103,104)81(107,108)83(111,112)85(115,116)117/h13-28,35-42,67-70,121-128H,3-12,29-34H2,1-2H3. The number of aromatic hydroxyl groups is 8. The van der Waals surface area contributed by atoms with Crippen molar-refractivity contribution in [1.29, 1.82) is 0 Å². The molecule has 0 heterocycles. The minimum atomic E-state index is -8.87. The number of phenols is 8. The zero-order valence-electron chi connectivity index (χ0n) is 67.5. The molecule has 9 rings (SSSR count). The van der Waals surface area contributed by atoms with Crippen molar-refractivity contribution in [3.8, 4) is 69.0 Å². The molecule has 728 valence electrons. The predicted octanol–water partition coefficient (Wildman–Crippen LogP) is 26.6. The van der Waals surface area contributed by atoms with Crippen LogP contribution in [0.3, 0.4) is 0 Å². The Labute approximate surface area is 724 Å². The van der Waals surface area contributed by atoms with Gasteiger partial charge in [0.15, 0.2) is 0 Å². The van der Waals surface area contributed by atoms with Crippen LogP contribution in [0.15, 0.2) is 146 Å². The topological polar surface area (TPSA) is 199 Å². The molecule has 4 atom stereocenters. The summed E-state index contributed by atoms with van der Waals surface area (Å²) < 4.78 is 501. The minimum Gasteiger partial charge on any atom is -0.507 e. The lowest BCUT2D eigenvalue weighted by atomic mass is 9.75. The van der Waals surface area contributed by atoms with Crippen molar-refractivity contribution >= 4 is 0 Å². The van der Waals surface area contributed by atoms with Crippen LogP contribution >= 0.6 is 0 Å². The molecule has 8 N–H and O–H groups in total. The Balaban J connectivity index is 1.16. The van der Waals surface area contributed by atoms with Gasteiger partial charge in [-0.15, -0.1) is 0 Å². The molecular weight excluding hydrogens is 1870 g/mol. The molecule has 0 aromatic heterocycles. The van der Waals surface area contributed by atoms with Gasteiger partial charge in [0, 0.05) is 105 Å². The fourth-order valence-electron chi connectivity index (χ4n) is 14.5. The van der Waals surface area contributed by atoms with Gasteiger partial charge in [-0.05, 0) is 134 Å². The Kier molecular flexibility index (Phi) is 29.7. The van der Waals surface area contributed by atoms with Gasteiger partial charge in [-0.1, -0.05) is 88.1 Å². The average Bonchev–Trinajstić information content (AvgIpc) is 0.696. The van der Waals surface area contributed by atoms with Gasteiger partial charge < -0.3 is 59.8 Å². The number of benzene rings is 8. The van der Waals surface area contributed by atoms with Crippen LogP contribution in [0.1, 0.15) is 181 Å². The largest absolute Gasteiger partial charge is 0.507 e. The summed E-state index contributed by atoms with van der Waals surface area (Å²) in [6, 6.07) is 27.9. The summed E-state index contributed by atoms with van der Waals surface area (Å²) in [5.41, 5.74) is -2.61. The number of hydrogen-bond donors (Lipinski definition) is 8. The number of alkyl halides is 34. The van der Waals surface area contributed by atoms with Crippen LogP contribution in [-0.4, -0.2) is 163 Å². The normalized spacial score (nSPS) is 16.5. The maximum Gasteiger partial charge on any atom is 0.460 e. The molecule has 8 bridgehead atoms. The van der Waals surface area contributed by atoms with Crippen LogP contribution in [-0.2, 0) is 0 Å². The molecule has 0 radical (unpaired) electrons. The summed E-state index contributed by atoms with van der Waals surface area (Å²) in [7, 11) is 0. The van der Waals surface area contributed by atoms with Crippen LogP contribution in [0.2, 0.25) is 0 Å². The number of halogens is 34. The summed E-state index contributed by atoms with van der Waals surface area (Å²) >= 11 is 0. The zero-order valence-corrected chi connectivity index (χ0v) is 67.5. The second kappa shape index (κ2) is 37.4. The van der Waals surface area contributed by atoms with E-state index in [1.54, 1.807) is 0 Å². The highest BCUT2D eigenvalue weighted by Gasteiger charge is 2.97. The number of hydrogen-bond acceptors (Lipinski definition) is 12. The van der Waals surface area contributed by atoms with E-state index in [0.29, 0.717) is 18.9 Å². The van der Waals surface area contributed by atoms with Gasteiger partial charge >= 0.3 is 95.3 Å². The molecule has 0 saturated carbocycles. The molecule has 1 aliphatic rings. The Bertz CT molecular complexity index is 5000. The van der Waals surface area contributed by atoms with E-state index in [1.165, 1.54) is 54.6 Å². The summed E-state index contributed by atoms with van der Waals surface area (Å²) in [6.45, 7) is 2.25. The van der Waals surface area contributed by atoms with Crippen LogP contribution in [0.4, 0.5) is 149 Å². The first kappa shape index (κ1) is 105. The predicted molar refractivity (Wildman–Crippen MR) is 399 cm³/mol. The van der Waals surface area contributed by atoms with E-state index in [-0.39, 0.29) is 69.2 Å². The molecule has 0 fully saturated rings. The zero-order chi connectivity index (χ0) is 99.3. The quantitative estimate of drug-likeness (QED) is 0.0135. The maximum atomic E-state index is 15.0. The molecule has 0 amide bonds. The lowest BCUT2D eigenvalue weighted by Crippen LogP contribution is -2.74. The van der Waals surface area contributed by atoms with Gasteiger partial charge in [0.05, 0.1) is 26.4 Å². The molecule has 0 saturated heterocycles. The first-order valence-corrected chi connectivity index (χ1v) is 39.2. The van der Waals surface area contributed by atoms with Crippen LogP contribution < -0.4 is 18.9 Å². The van der Waals surface area contributed by atoms with E-state index in [0.717, 1.165) is 111 Å². The Morgan fingerprint density at radius 3 is 0.530 bits per heavy atom. The van der Waals surface area contributed by atoms with Gasteiger partial charge in [-0.3, -0.25) is 0 Å².